The van der Waals surface area contributed by atoms with Crippen molar-refractivity contribution in [1.29, 1.82) is 0 Å². The van der Waals surface area contributed by atoms with Gasteiger partial charge in [0.25, 0.3) is 0 Å². The van der Waals surface area contributed by atoms with E-state index in [1.54, 1.807) is 28.3 Å². The number of rotatable bonds is 2. The highest BCUT2D eigenvalue weighted by Gasteiger charge is 2.26. The Balaban J connectivity index is 0.000000193. The summed E-state index contributed by atoms with van der Waals surface area (Å²) < 4.78 is 10.6. The molecule has 0 saturated carbocycles. The maximum absolute atomic E-state index is 11.9. The van der Waals surface area contributed by atoms with E-state index in [4.69, 9.17) is 21.1 Å². The number of piperazine rings is 3. The van der Waals surface area contributed by atoms with Crippen LogP contribution >= 0.6 is 11.6 Å². The monoisotopic (exact) mass is 725 g/mol. The van der Waals surface area contributed by atoms with E-state index in [1.807, 2.05) is 90.2 Å². The maximum Gasteiger partial charge on any atom is 0.410 e. The zero-order chi connectivity index (χ0) is 37.1. The first kappa shape index (κ1) is 41.2. The summed E-state index contributed by atoms with van der Waals surface area (Å²) in [7, 11) is 0. The van der Waals surface area contributed by atoms with Gasteiger partial charge in [-0.15, -0.1) is 0 Å². The normalized spacial score (nSPS) is 16.2. The minimum absolute atomic E-state index is 0.200. The van der Waals surface area contributed by atoms with Crippen molar-refractivity contribution in [2.24, 2.45) is 0 Å². The minimum Gasteiger partial charge on any atom is -0.444 e. The summed E-state index contributed by atoms with van der Waals surface area (Å²) in [6.45, 7) is 21.7. The summed E-state index contributed by atoms with van der Waals surface area (Å²) >= 11 is 5.43. The molecule has 3 fully saturated rings. The summed E-state index contributed by atoms with van der Waals surface area (Å²) in [6, 6.07) is 17.3. The van der Waals surface area contributed by atoms with Gasteiger partial charge >= 0.3 is 12.2 Å². The van der Waals surface area contributed by atoms with Gasteiger partial charge in [-0.1, -0.05) is 29.8 Å². The third-order valence-corrected chi connectivity index (χ3v) is 7.62. The zero-order valence-corrected chi connectivity index (χ0v) is 31.8. The fourth-order valence-corrected chi connectivity index (χ4v) is 5.07. The highest BCUT2D eigenvalue weighted by molar-refractivity contribution is 6.29. The Bertz CT molecular complexity index is 1390. The summed E-state index contributed by atoms with van der Waals surface area (Å²) in [5.41, 5.74) is -0.822. The topological polar surface area (TPSA) is 128 Å². The van der Waals surface area contributed by atoms with Gasteiger partial charge in [0.15, 0.2) is 0 Å². The van der Waals surface area contributed by atoms with E-state index in [9.17, 15) is 9.59 Å². The van der Waals surface area contributed by atoms with E-state index in [1.165, 1.54) is 0 Å². The average Bonchev–Trinajstić information content (AvgIpc) is 3.13. The van der Waals surface area contributed by atoms with Crippen LogP contribution in [0.3, 0.4) is 0 Å². The van der Waals surface area contributed by atoms with Crippen molar-refractivity contribution in [2.75, 3.05) is 88.3 Å². The Morgan fingerprint density at radius 3 is 1.31 bits per heavy atom. The third kappa shape index (κ3) is 17.0. The summed E-state index contributed by atoms with van der Waals surface area (Å²) in [6.07, 6.45) is 4.86. The molecule has 3 saturated heterocycles. The molecule has 14 heteroatoms. The number of carbonyl (C=O) groups is 2. The minimum atomic E-state index is -0.435. The van der Waals surface area contributed by atoms with Crippen molar-refractivity contribution in [2.45, 2.75) is 52.7 Å². The lowest BCUT2D eigenvalue weighted by Crippen LogP contribution is -2.50. The largest absolute Gasteiger partial charge is 0.444 e. The summed E-state index contributed by atoms with van der Waals surface area (Å²) in [5.74, 6) is 2.06. The van der Waals surface area contributed by atoms with Gasteiger partial charge in [-0.2, -0.15) is 0 Å². The molecular weight excluding hydrogens is 670 g/mol. The molecule has 3 aliphatic heterocycles. The number of amides is 2. The highest BCUT2D eigenvalue weighted by atomic mass is 35.5. The van der Waals surface area contributed by atoms with Crippen LogP contribution in [0.15, 0.2) is 73.2 Å². The Morgan fingerprint density at radius 2 is 0.961 bits per heavy atom. The van der Waals surface area contributed by atoms with Gasteiger partial charge < -0.3 is 39.7 Å². The van der Waals surface area contributed by atoms with E-state index >= 15 is 0 Å². The predicted octanol–water partition coefficient (Wildman–Crippen LogP) is 5.19. The molecule has 280 valence electrons. The zero-order valence-electron chi connectivity index (χ0n) is 31.1. The SMILES string of the molecule is CC(C)(C)OC(=O)N1CCN(c2ccccn2)CC1.CC(C)(C)OC(=O)N1CCNCC1.Clc1ccccn1.c1ccc(N2CCNCC2)nc1. The number of halogens is 1. The van der Waals surface area contributed by atoms with E-state index in [0.717, 1.165) is 77.1 Å². The van der Waals surface area contributed by atoms with Gasteiger partial charge in [0.05, 0.1) is 0 Å². The van der Waals surface area contributed by atoms with Crippen LogP contribution in [0.5, 0.6) is 0 Å². The Kier molecular flexibility index (Phi) is 17.2. The lowest BCUT2D eigenvalue weighted by atomic mass is 10.2. The fourth-order valence-electron chi connectivity index (χ4n) is 4.94. The molecule has 0 radical (unpaired) electrons. The first-order valence-electron chi connectivity index (χ1n) is 17.6. The Labute approximate surface area is 308 Å². The number of aromatic nitrogens is 3. The number of nitrogens with zero attached hydrogens (tertiary/aromatic N) is 7. The molecule has 6 heterocycles. The lowest BCUT2D eigenvalue weighted by molar-refractivity contribution is 0.0223. The maximum atomic E-state index is 11.9. The van der Waals surface area contributed by atoms with E-state index in [-0.39, 0.29) is 17.8 Å². The van der Waals surface area contributed by atoms with Gasteiger partial charge in [-0.25, -0.2) is 24.5 Å². The van der Waals surface area contributed by atoms with Crippen LogP contribution in [-0.2, 0) is 9.47 Å². The van der Waals surface area contributed by atoms with E-state index < -0.39 is 5.60 Å². The fraction of sp³-hybridized carbons (Fsp3) is 0.541. The van der Waals surface area contributed by atoms with Crippen LogP contribution in [0, 0.1) is 0 Å². The molecule has 2 amide bonds. The number of nitrogens with one attached hydrogen (secondary N) is 2. The molecular formula is C37H56ClN9O4. The average molecular weight is 726 g/mol. The van der Waals surface area contributed by atoms with Gasteiger partial charge in [-0.3, -0.25) is 0 Å². The van der Waals surface area contributed by atoms with Crippen LogP contribution in [0.1, 0.15) is 41.5 Å². The molecule has 3 aliphatic rings. The van der Waals surface area contributed by atoms with Crippen LogP contribution in [0.25, 0.3) is 0 Å². The second kappa shape index (κ2) is 21.2. The van der Waals surface area contributed by atoms with Gasteiger partial charge in [0, 0.05) is 97.1 Å². The quantitative estimate of drug-likeness (QED) is 0.339. The molecule has 3 aromatic heterocycles. The molecule has 2 N–H and O–H groups in total. The van der Waals surface area contributed by atoms with Crippen molar-refractivity contribution >= 4 is 35.4 Å². The molecule has 0 spiro atoms. The number of anilines is 2. The van der Waals surface area contributed by atoms with Crippen molar-refractivity contribution in [3.63, 3.8) is 0 Å². The van der Waals surface area contributed by atoms with Crippen molar-refractivity contribution in [3.05, 3.63) is 78.3 Å². The standard InChI is InChI=1S/C14H21N3O2.C9H13N3.C9H18N2O2.C5H4ClN/c1-14(2,3)19-13(18)17-10-8-16(9-11-17)12-6-4-5-7-15-12;1-2-4-11-9(3-1)12-7-5-10-6-8-12;1-9(2,3)13-8(12)11-6-4-10-5-7-11;6-5-3-1-2-4-7-5/h4-7H,8-11H2,1-3H3;1-4,10H,5-8H2;10H,4-7H2,1-3H3;1-4H. The number of carbonyl (C=O) groups excluding carboxylic acids is 2. The Hall–Kier alpha value is -4.20. The molecule has 0 atom stereocenters. The van der Waals surface area contributed by atoms with E-state index in [0.29, 0.717) is 18.2 Å². The van der Waals surface area contributed by atoms with Crippen LogP contribution in [0.2, 0.25) is 5.15 Å². The molecule has 51 heavy (non-hydrogen) atoms. The molecule has 13 nitrogen and oxygen atoms in total. The number of pyridine rings is 3. The second-order valence-electron chi connectivity index (χ2n) is 13.9. The third-order valence-electron chi connectivity index (χ3n) is 7.39. The van der Waals surface area contributed by atoms with Crippen LogP contribution in [0.4, 0.5) is 21.2 Å². The molecule has 0 bridgehead atoms. The number of hydrogen-bond acceptors (Lipinski definition) is 11. The Morgan fingerprint density at radius 1 is 0.569 bits per heavy atom. The van der Waals surface area contributed by atoms with Crippen LogP contribution < -0.4 is 20.4 Å². The number of ether oxygens (including phenoxy) is 2. The molecule has 0 aliphatic carbocycles. The van der Waals surface area contributed by atoms with Gasteiger partial charge in [0.2, 0.25) is 0 Å². The number of hydrogen-bond donors (Lipinski definition) is 2. The van der Waals surface area contributed by atoms with Crippen molar-refractivity contribution in [3.8, 4) is 0 Å². The van der Waals surface area contributed by atoms with Gasteiger partial charge in [-0.05, 0) is 77.9 Å². The smallest absolute Gasteiger partial charge is 0.410 e. The predicted molar refractivity (Wildman–Crippen MR) is 204 cm³/mol. The van der Waals surface area contributed by atoms with Gasteiger partial charge in [0.1, 0.15) is 28.0 Å². The van der Waals surface area contributed by atoms with E-state index in [2.05, 4.69) is 41.5 Å². The molecule has 6 rings (SSSR count). The summed E-state index contributed by atoms with van der Waals surface area (Å²) in [4.78, 5) is 43.8. The molecule has 0 aromatic carbocycles. The van der Waals surface area contributed by atoms with Crippen LogP contribution in [-0.4, -0.2) is 127 Å². The van der Waals surface area contributed by atoms with Crippen molar-refractivity contribution in [1.82, 2.24) is 35.4 Å². The molecule has 3 aromatic rings. The first-order chi connectivity index (χ1) is 24.3. The first-order valence-corrected chi connectivity index (χ1v) is 17.9. The second-order valence-corrected chi connectivity index (χ2v) is 14.3. The molecule has 0 unspecified atom stereocenters. The highest BCUT2D eigenvalue weighted by Crippen LogP contribution is 2.16. The summed E-state index contributed by atoms with van der Waals surface area (Å²) in [5, 5.41) is 7.04. The van der Waals surface area contributed by atoms with Crippen molar-refractivity contribution < 1.29 is 19.1 Å². The lowest BCUT2D eigenvalue weighted by Gasteiger charge is -2.36.